The van der Waals surface area contributed by atoms with Gasteiger partial charge in [-0.3, -0.25) is 9.59 Å². The maximum atomic E-state index is 12.1. The molecule has 2 saturated carbocycles. The van der Waals surface area contributed by atoms with Crippen molar-refractivity contribution in [2.75, 3.05) is 19.8 Å². The normalized spacial score (nSPS) is 41.2. The standard InChI is InChI=1S/C24H34O7/c1-15-10-20(31-17(3)26)24(14-29-16(2)25)19(6-5-8-23(24)13-30-23)22(15,4)9-7-18-11-21(27)28-12-18/h11,15,19-20H,5-10,12-14H2,1-4H3/t15-,19+,20+,22+,23-,24+/m1/s1. The van der Waals surface area contributed by atoms with Crippen molar-refractivity contribution < 1.29 is 33.3 Å². The number of rotatable bonds is 6. The van der Waals surface area contributed by atoms with Gasteiger partial charge in [-0.15, -0.1) is 0 Å². The third-order valence-corrected chi connectivity index (χ3v) is 8.63. The van der Waals surface area contributed by atoms with E-state index in [0.29, 0.717) is 25.6 Å². The van der Waals surface area contributed by atoms with E-state index in [4.69, 9.17) is 18.9 Å². The van der Waals surface area contributed by atoms with Crippen LogP contribution in [0.25, 0.3) is 0 Å². The second kappa shape index (κ2) is 7.91. The van der Waals surface area contributed by atoms with Crippen LogP contribution >= 0.6 is 0 Å². The molecule has 1 saturated heterocycles. The topological polar surface area (TPSA) is 91.4 Å². The molecule has 4 rings (SSSR count). The van der Waals surface area contributed by atoms with Crippen LogP contribution in [0.4, 0.5) is 0 Å². The van der Waals surface area contributed by atoms with Crippen LogP contribution in [0.1, 0.15) is 66.2 Å². The third-order valence-electron chi connectivity index (χ3n) is 8.63. The van der Waals surface area contributed by atoms with Crippen molar-refractivity contribution >= 4 is 17.9 Å². The first-order valence-electron chi connectivity index (χ1n) is 11.4. The number of hydrogen-bond donors (Lipinski definition) is 0. The number of epoxide rings is 1. The molecule has 2 aliphatic heterocycles. The highest BCUT2D eigenvalue weighted by atomic mass is 16.6. The maximum Gasteiger partial charge on any atom is 0.331 e. The lowest BCUT2D eigenvalue weighted by Gasteiger charge is -2.63. The highest BCUT2D eigenvalue weighted by Gasteiger charge is 2.74. The summed E-state index contributed by atoms with van der Waals surface area (Å²) < 4.78 is 22.8. The Morgan fingerprint density at radius 3 is 2.58 bits per heavy atom. The quantitative estimate of drug-likeness (QED) is 0.360. The summed E-state index contributed by atoms with van der Waals surface area (Å²) in [5.41, 5.74) is -0.0131. The Morgan fingerprint density at radius 2 is 2.00 bits per heavy atom. The van der Waals surface area contributed by atoms with E-state index in [1.807, 2.05) is 0 Å². The van der Waals surface area contributed by atoms with Gasteiger partial charge in [0.2, 0.25) is 0 Å². The van der Waals surface area contributed by atoms with Gasteiger partial charge in [-0.25, -0.2) is 4.79 Å². The first-order valence-corrected chi connectivity index (χ1v) is 11.4. The van der Waals surface area contributed by atoms with Crippen LogP contribution in [-0.2, 0) is 33.3 Å². The Bertz CT molecular complexity index is 798. The first kappa shape index (κ1) is 22.3. The molecule has 7 heteroatoms. The van der Waals surface area contributed by atoms with Crippen LogP contribution in [0.5, 0.6) is 0 Å². The number of esters is 3. The lowest BCUT2D eigenvalue weighted by atomic mass is 9.43. The molecule has 2 aliphatic carbocycles. The first-order chi connectivity index (χ1) is 14.6. The minimum atomic E-state index is -0.555. The van der Waals surface area contributed by atoms with Gasteiger partial charge in [0.1, 0.15) is 24.9 Å². The van der Waals surface area contributed by atoms with E-state index in [1.165, 1.54) is 13.8 Å². The zero-order chi connectivity index (χ0) is 22.4. The van der Waals surface area contributed by atoms with Gasteiger partial charge in [-0.1, -0.05) is 20.3 Å². The summed E-state index contributed by atoms with van der Waals surface area (Å²) in [6.45, 7) is 8.60. The number of fused-ring (bicyclic) bond motifs is 2. The minimum Gasteiger partial charge on any atom is -0.465 e. The van der Waals surface area contributed by atoms with E-state index in [1.54, 1.807) is 6.08 Å². The molecule has 0 aromatic rings. The predicted molar refractivity (Wildman–Crippen MR) is 111 cm³/mol. The van der Waals surface area contributed by atoms with E-state index >= 15 is 0 Å². The fourth-order valence-electron chi connectivity index (χ4n) is 6.79. The van der Waals surface area contributed by atoms with Crippen molar-refractivity contribution in [2.45, 2.75) is 77.9 Å². The average Bonchev–Trinajstić information content (AvgIpc) is 3.35. The molecule has 172 valence electrons. The van der Waals surface area contributed by atoms with E-state index in [9.17, 15) is 14.4 Å². The number of carbonyl (C=O) groups excluding carboxylic acids is 3. The summed E-state index contributed by atoms with van der Waals surface area (Å²) in [4.78, 5) is 35.4. The summed E-state index contributed by atoms with van der Waals surface area (Å²) in [6, 6.07) is 0. The molecule has 0 aromatic heterocycles. The highest BCUT2D eigenvalue weighted by molar-refractivity contribution is 5.85. The Morgan fingerprint density at radius 1 is 1.26 bits per heavy atom. The van der Waals surface area contributed by atoms with Crippen molar-refractivity contribution in [3.63, 3.8) is 0 Å². The van der Waals surface area contributed by atoms with E-state index in [0.717, 1.165) is 37.7 Å². The molecule has 0 N–H and O–H groups in total. The molecule has 0 aromatic carbocycles. The van der Waals surface area contributed by atoms with Crippen molar-refractivity contribution in [1.29, 1.82) is 0 Å². The molecule has 31 heavy (non-hydrogen) atoms. The van der Waals surface area contributed by atoms with Gasteiger partial charge in [0.05, 0.1) is 12.0 Å². The molecule has 2 heterocycles. The number of cyclic esters (lactones) is 1. The number of ether oxygens (including phenoxy) is 4. The van der Waals surface area contributed by atoms with Gasteiger partial charge in [0.25, 0.3) is 0 Å². The highest BCUT2D eigenvalue weighted by Crippen LogP contribution is 2.69. The molecule has 0 unspecified atom stereocenters. The molecule has 4 aliphatic rings. The van der Waals surface area contributed by atoms with Crippen molar-refractivity contribution in [3.8, 4) is 0 Å². The molecule has 1 spiro atoms. The smallest absolute Gasteiger partial charge is 0.331 e. The van der Waals surface area contributed by atoms with Gasteiger partial charge < -0.3 is 18.9 Å². The van der Waals surface area contributed by atoms with E-state index in [2.05, 4.69) is 13.8 Å². The summed E-state index contributed by atoms with van der Waals surface area (Å²) >= 11 is 0. The van der Waals surface area contributed by atoms with Crippen molar-refractivity contribution in [3.05, 3.63) is 11.6 Å². The Kier molecular flexibility index (Phi) is 5.69. The fourth-order valence-corrected chi connectivity index (χ4v) is 6.79. The van der Waals surface area contributed by atoms with Crippen LogP contribution in [-0.4, -0.2) is 49.4 Å². The number of hydrogen-bond acceptors (Lipinski definition) is 7. The van der Waals surface area contributed by atoms with E-state index in [-0.39, 0.29) is 42.0 Å². The van der Waals surface area contributed by atoms with Crippen molar-refractivity contribution in [1.82, 2.24) is 0 Å². The molecule has 6 atom stereocenters. The molecular formula is C24H34O7. The van der Waals surface area contributed by atoms with E-state index < -0.39 is 11.0 Å². The second-order valence-corrected chi connectivity index (χ2v) is 10.2. The largest absolute Gasteiger partial charge is 0.465 e. The average molecular weight is 435 g/mol. The predicted octanol–water partition coefficient (Wildman–Crippen LogP) is 3.35. The Labute approximate surface area is 183 Å². The Balaban J connectivity index is 1.71. The number of carbonyl (C=O) groups is 3. The molecule has 7 nitrogen and oxygen atoms in total. The fraction of sp³-hybridized carbons (Fsp3) is 0.792. The van der Waals surface area contributed by atoms with Crippen LogP contribution in [0.3, 0.4) is 0 Å². The molecular weight excluding hydrogens is 400 g/mol. The van der Waals surface area contributed by atoms with Crippen LogP contribution < -0.4 is 0 Å². The summed E-state index contributed by atoms with van der Waals surface area (Å²) in [6.07, 6.45) is 6.54. The van der Waals surface area contributed by atoms with Gasteiger partial charge in [0, 0.05) is 19.9 Å². The van der Waals surface area contributed by atoms with Gasteiger partial charge in [0.15, 0.2) is 0 Å². The second-order valence-electron chi connectivity index (χ2n) is 10.2. The molecule has 0 radical (unpaired) electrons. The van der Waals surface area contributed by atoms with Crippen LogP contribution in [0.2, 0.25) is 0 Å². The van der Waals surface area contributed by atoms with Crippen molar-refractivity contribution in [2.24, 2.45) is 22.7 Å². The zero-order valence-electron chi connectivity index (χ0n) is 19.0. The van der Waals surface area contributed by atoms with Gasteiger partial charge in [-0.2, -0.15) is 0 Å². The molecule has 0 amide bonds. The third kappa shape index (κ3) is 3.69. The lowest BCUT2D eigenvalue weighted by Crippen LogP contribution is -2.67. The zero-order valence-corrected chi connectivity index (χ0v) is 19.0. The van der Waals surface area contributed by atoms with Crippen LogP contribution in [0.15, 0.2) is 11.6 Å². The lowest BCUT2D eigenvalue weighted by molar-refractivity contribution is -0.228. The summed E-state index contributed by atoms with van der Waals surface area (Å²) in [7, 11) is 0. The molecule has 3 fully saturated rings. The Hall–Kier alpha value is -1.89. The minimum absolute atomic E-state index is 0.0807. The maximum absolute atomic E-state index is 12.1. The van der Waals surface area contributed by atoms with Crippen LogP contribution in [0, 0.1) is 22.7 Å². The van der Waals surface area contributed by atoms with Gasteiger partial charge in [-0.05, 0) is 54.9 Å². The van der Waals surface area contributed by atoms with Gasteiger partial charge >= 0.3 is 17.9 Å². The molecule has 0 bridgehead atoms. The SMILES string of the molecule is CC(=O)OC[C@@]12[C@@H](OC(C)=O)C[C@@H](C)[C@](C)(CCC3=CC(=O)OC3)[C@@H]1CCC[C@@]21CO1. The monoisotopic (exact) mass is 434 g/mol. The summed E-state index contributed by atoms with van der Waals surface area (Å²) in [5.74, 6) is -0.445. The summed E-state index contributed by atoms with van der Waals surface area (Å²) in [5, 5.41) is 0.